The summed E-state index contributed by atoms with van der Waals surface area (Å²) in [4.78, 5) is 18.6. The molecule has 1 aromatic heterocycles. The lowest BCUT2D eigenvalue weighted by Gasteiger charge is -2.29. The molecule has 1 aromatic carbocycles. The molecule has 138 valence electrons. The van der Waals surface area contributed by atoms with Gasteiger partial charge < -0.3 is 15.0 Å². The van der Waals surface area contributed by atoms with E-state index in [1.54, 1.807) is 17.3 Å². The van der Waals surface area contributed by atoms with Gasteiger partial charge in [0.25, 0.3) is 0 Å². The van der Waals surface area contributed by atoms with Crippen LogP contribution in [-0.2, 0) is 4.74 Å². The number of carbonyl (C=O) groups is 1. The van der Waals surface area contributed by atoms with Gasteiger partial charge in [0.15, 0.2) is 0 Å². The Hall–Kier alpha value is -2.11. The van der Waals surface area contributed by atoms with E-state index < -0.39 is 0 Å². The summed E-state index contributed by atoms with van der Waals surface area (Å²) in [5.74, 6) is 0.495. The topological polar surface area (TPSA) is 54.5 Å². The van der Waals surface area contributed by atoms with Gasteiger partial charge in [-0.25, -0.2) is 4.79 Å². The second-order valence-electron chi connectivity index (χ2n) is 6.65. The zero-order chi connectivity index (χ0) is 18.4. The number of pyridine rings is 1. The van der Waals surface area contributed by atoms with Crippen molar-refractivity contribution in [3.8, 4) is 0 Å². The van der Waals surface area contributed by atoms with Crippen LogP contribution in [0.15, 0.2) is 48.8 Å². The molecule has 0 spiro atoms. The normalized spacial score (nSPS) is 16.1. The second-order valence-corrected chi connectivity index (χ2v) is 7.09. The molecule has 1 saturated heterocycles. The molecule has 1 atom stereocenters. The number of benzene rings is 1. The lowest BCUT2D eigenvalue weighted by Crippen LogP contribution is -2.42. The Morgan fingerprint density at radius 1 is 1.19 bits per heavy atom. The third-order valence-electron chi connectivity index (χ3n) is 4.73. The van der Waals surface area contributed by atoms with E-state index in [0.717, 1.165) is 43.7 Å². The highest BCUT2D eigenvalue weighted by Gasteiger charge is 2.22. The lowest BCUT2D eigenvalue weighted by molar-refractivity contribution is 0.0585. The molecule has 0 aliphatic carbocycles. The molecule has 1 aliphatic heterocycles. The van der Waals surface area contributed by atoms with Gasteiger partial charge in [0, 0.05) is 44.2 Å². The van der Waals surface area contributed by atoms with Crippen LogP contribution in [-0.4, -0.2) is 42.7 Å². The number of aromatic nitrogens is 1. The number of hydrogen-bond acceptors (Lipinski definition) is 3. The van der Waals surface area contributed by atoms with E-state index in [4.69, 9.17) is 16.3 Å². The summed E-state index contributed by atoms with van der Waals surface area (Å²) in [5, 5.41) is 3.81. The van der Waals surface area contributed by atoms with Crippen LogP contribution in [0, 0.1) is 5.92 Å². The van der Waals surface area contributed by atoms with E-state index in [1.165, 1.54) is 0 Å². The summed E-state index contributed by atoms with van der Waals surface area (Å²) in [6, 6.07) is 11.0. The van der Waals surface area contributed by atoms with Crippen LogP contribution in [0.1, 0.15) is 30.0 Å². The van der Waals surface area contributed by atoms with Crippen molar-refractivity contribution in [2.24, 2.45) is 5.92 Å². The molecule has 2 heterocycles. The average molecular weight is 374 g/mol. The molecule has 6 heteroatoms. The number of nitrogens with zero attached hydrogens (tertiary/aromatic N) is 2. The average Bonchev–Trinajstić information content (AvgIpc) is 2.68. The predicted octanol–water partition coefficient (Wildman–Crippen LogP) is 3.89. The summed E-state index contributed by atoms with van der Waals surface area (Å²) in [6.07, 6.45) is 5.47. The molecule has 2 aromatic rings. The number of urea groups is 1. The maximum absolute atomic E-state index is 12.8. The molecule has 5 nitrogen and oxygen atoms in total. The van der Waals surface area contributed by atoms with Gasteiger partial charge in [0.2, 0.25) is 0 Å². The summed E-state index contributed by atoms with van der Waals surface area (Å²) in [6.45, 7) is 2.30. The van der Waals surface area contributed by atoms with Crippen molar-refractivity contribution in [1.29, 1.82) is 0 Å². The molecule has 0 radical (unpaired) electrons. The minimum absolute atomic E-state index is 0.0896. The molecular weight excluding hydrogens is 350 g/mol. The van der Waals surface area contributed by atoms with Crippen LogP contribution in [0.3, 0.4) is 0 Å². The van der Waals surface area contributed by atoms with Crippen LogP contribution in [0.2, 0.25) is 5.02 Å². The van der Waals surface area contributed by atoms with Gasteiger partial charge in [-0.2, -0.15) is 0 Å². The number of nitrogens with one attached hydrogen (secondary N) is 1. The van der Waals surface area contributed by atoms with Gasteiger partial charge in [-0.15, -0.1) is 0 Å². The van der Waals surface area contributed by atoms with Crippen LogP contribution in [0.5, 0.6) is 0 Å². The second kappa shape index (κ2) is 9.01. The van der Waals surface area contributed by atoms with E-state index in [1.807, 2.05) is 43.4 Å². The standard InChI is InChI=1S/C20H24ClN3O2/c1-24(14-15-8-12-26-13-9-15)20(25)23-19(17-6-10-22-11-7-17)16-2-4-18(21)5-3-16/h2-7,10-11,15,19H,8-9,12-14H2,1H3,(H,23,25)/t19-/m0/s1. The van der Waals surface area contributed by atoms with Crippen LogP contribution in [0.25, 0.3) is 0 Å². The maximum Gasteiger partial charge on any atom is 0.317 e. The molecule has 0 saturated carbocycles. The van der Waals surface area contributed by atoms with Crippen molar-refractivity contribution in [2.45, 2.75) is 18.9 Å². The molecule has 1 fully saturated rings. The first-order valence-electron chi connectivity index (χ1n) is 8.88. The Kier molecular flexibility index (Phi) is 6.47. The Morgan fingerprint density at radius 2 is 1.81 bits per heavy atom. The minimum atomic E-state index is -0.250. The van der Waals surface area contributed by atoms with Gasteiger partial charge in [0.1, 0.15) is 0 Å². The largest absolute Gasteiger partial charge is 0.381 e. The van der Waals surface area contributed by atoms with E-state index in [0.29, 0.717) is 10.9 Å². The number of hydrogen-bond donors (Lipinski definition) is 1. The van der Waals surface area contributed by atoms with Gasteiger partial charge in [0.05, 0.1) is 6.04 Å². The molecule has 0 unspecified atom stereocenters. The fourth-order valence-electron chi connectivity index (χ4n) is 3.20. The smallest absolute Gasteiger partial charge is 0.317 e. The molecule has 2 amide bonds. The van der Waals surface area contributed by atoms with Gasteiger partial charge >= 0.3 is 6.03 Å². The SMILES string of the molecule is CN(CC1CCOCC1)C(=O)N[C@H](c1ccncc1)c1ccc(Cl)cc1. The highest BCUT2D eigenvalue weighted by molar-refractivity contribution is 6.30. The summed E-state index contributed by atoms with van der Waals surface area (Å²) in [5.41, 5.74) is 1.96. The number of rotatable bonds is 5. The fraction of sp³-hybridized carbons (Fsp3) is 0.400. The van der Waals surface area contributed by atoms with E-state index in [-0.39, 0.29) is 12.1 Å². The highest BCUT2D eigenvalue weighted by atomic mass is 35.5. The van der Waals surface area contributed by atoms with Crippen molar-refractivity contribution < 1.29 is 9.53 Å². The molecule has 26 heavy (non-hydrogen) atoms. The van der Waals surface area contributed by atoms with Gasteiger partial charge in [-0.3, -0.25) is 4.98 Å². The van der Waals surface area contributed by atoms with Crippen molar-refractivity contribution in [2.75, 3.05) is 26.8 Å². The molecule has 0 bridgehead atoms. The van der Waals surface area contributed by atoms with Crippen molar-refractivity contribution in [3.05, 3.63) is 64.9 Å². The molecule has 1 aliphatic rings. The van der Waals surface area contributed by atoms with Crippen molar-refractivity contribution >= 4 is 17.6 Å². The Balaban J connectivity index is 1.72. The summed E-state index contributed by atoms with van der Waals surface area (Å²) in [7, 11) is 1.84. The van der Waals surface area contributed by atoms with E-state index in [2.05, 4.69) is 10.3 Å². The quantitative estimate of drug-likeness (QED) is 0.864. The highest BCUT2D eigenvalue weighted by Crippen LogP contribution is 2.24. The molecule has 1 N–H and O–H groups in total. The monoisotopic (exact) mass is 373 g/mol. The predicted molar refractivity (Wildman–Crippen MR) is 102 cm³/mol. The van der Waals surface area contributed by atoms with Crippen LogP contribution < -0.4 is 5.32 Å². The Bertz CT molecular complexity index is 703. The van der Waals surface area contributed by atoms with Crippen molar-refractivity contribution in [3.63, 3.8) is 0 Å². The first kappa shape index (κ1) is 18.7. The van der Waals surface area contributed by atoms with Crippen LogP contribution >= 0.6 is 11.6 Å². The molecular formula is C20H24ClN3O2. The van der Waals surface area contributed by atoms with Gasteiger partial charge in [-0.1, -0.05) is 23.7 Å². The zero-order valence-corrected chi connectivity index (χ0v) is 15.7. The third-order valence-corrected chi connectivity index (χ3v) is 4.98. The molecule has 3 rings (SSSR count). The van der Waals surface area contributed by atoms with Gasteiger partial charge in [-0.05, 0) is 54.2 Å². The lowest BCUT2D eigenvalue weighted by atomic mass is 9.99. The fourth-order valence-corrected chi connectivity index (χ4v) is 3.33. The zero-order valence-electron chi connectivity index (χ0n) is 14.9. The van der Waals surface area contributed by atoms with Crippen molar-refractivity contribution in [1.82, 2.24) is 15.2 Å². The first-order chi connectivity index (χ1) is 12.6. The Morgan fingerprint density at radius 3 is 2.46 bits per heavy atom. The Labute approximate surface area is 159 Å². The third kappa shape index (κ3) is 4.96. The minimum Gasteiger partial charge on any atom is -0.381 e. The van der Waals surface area contributed by atoms with E-state index in [9.17, 15) is 4.79 Å². The van der Waals surface area contributed by atoms with Crippen LogP contribution in [0.4, 0.5) is 4.79 Å². The first-order valence-corrected chi connectivity index (χ1v) is 9.26. The van der Waals surface area contributed by atoms with E-state index >= 15 is 0 Å². The summed E-state index contributed by atoms with van der Waals surface area (Å²) < 4.78 is 5.40. The summed E-state index contributed by atoms with van der Waals surface area (Å²) >= 11 is 6.01. The number of halogens is 1. The maximum atomic E-state index is 12.8. The number of amides is 2. The number of carbonyl (C=O) groups excluding carboxylic acids is 1. The number of ether oxygens (including phenoxy) is 1.